The molecule has 8 aliphatic rings. The lowest BCUT2D eigenvalue weighted by Gasteiger charge is -2.42. The second-order valence-electron chi connectivity index (χ2n) is 13.0. The number of hydrogen-bond donors (Lipinski definition) is 0. The summed E-state index contributed by atoms with van der Waals surface area (Å²) in [7, 11) is 0. The molecule has 0 aromatic carbocycles. The van der Waals surface area contributed by atoms with Crippen molar-refractivity contribution >= 4 is 17.9 Å². The summed E-state index contributed by atoms with van der Waals surface area (Å²) in [4.78, 5) is 38.7. The van der Waals surface area contributed by atoms with Crippen LogP contribution in [0.1, 0.15) is 38.5 Å². The first-order valence-electron chi connectivity index (χ1n) is 14.0. The van der Waals surface area contributed by atoms with Gasteiger partial charge in [-0.05, 0) is 84.9 Å². The normalized spacial score (nSPS) is 49.2. The fourth-order valence-corrected chi connectivity index (χ4v) is 9.16. The van der Waals surface area contributed by atoms with Gasteiger partial charge in [-0.2, -0.15) is 0 Å². The van der Waals surface area contributed by atoms with Crippen LogP contribution < -0.4 is 0 Å². The number of carbonyl (C=O) groups excluding carboxylic acids is 3. The van der Waals surface area contributed by atoms with Crippen molar-refractivity contribution in [2.24, 2.45) is 70.0 Å². The quantitative estimate of drug-likeness (QED) is 0.277. The molecule has 6 heteroatoms. The SMILES string of the molecule is O=C(OCC(COC(=O)C1CC2C=CC3CC231)COC(=O)C1CC2C=CC3CC231)C1CC2C=CC1C2. The standard InChI is InChI=1S/C30H34O6/c31-26(23-8-16-1-2-18(23)7-16)34-13-17(14-35-27(32)24-9-19-3-5-21-11-29(19,21)24)15-36-28(33)25-10-20-4-6-22-12-30(20,22)25/h1-6,16-25H,7-15H2. The molecule has 8 aliphatic carbocycles. The molecule has 0 N–H and O–H groups in total. The summed E-state index contributed by atoms with van der Waals surface area (Å²) in [5.74, 6) is 2.02. The molecule has 36 heavy (non-hydrogen) atoms. The molecule has 0 radical (unpaired) electrons. The van der Waals surface area contributed by atoms with E-state index in [1.165, 1.54) is 0 Å². The number of hydrogen-bond acceptors (Lipinski definition) is 6. The van der Waals surface area contributed by atoms with Crippen molar-refractivity contribution in [2.75, 3.05) is 19.8 Å². The average molecular weight is 491 g/mol. The summed E-state index contributed by atoms with van der Waals surface area (Å²) in [6.45, 7) is 0.351. The van der Waals surface area contributed by atoms with Gasteiger partial charge in [0.05, 0.1) is 23.7 Å². The lowest BCUT2D eigenvalue weighted by molar-refractivity contribution is -0.167. The molecule has 0 aliphatic heterocycles. The third kappa shape index (κ3) is 2.87. The van der Waals surface area contributed by atoms with Crippen molar-refractivity contribution in [3.05, 3.63) is 36.5 Å². The Balaban J connectivity index is 0.879. The van der Waals surface area contributed by atoms with E-state index in [0.717, 1.165) is 38.5 Å². The van der Waals surface area contributed by atoms with Gasteiger partial charge in [-0.3, -0.25) is 14.4 Å². The van der Waals surface area contributed by atoms with Gasteiger partial charge in [-0.25, -0.2) is 0 Å². The molecule has 190 valence electrons. The van der Waals surface area contributed by atoms with Gasteiger partial charge in [0.2, 0.25) is 0 Å². The van der Waals surface area contributed by atoms with Crippen molar-refractivity contribution in [1.82, 2.24) is 0 Å². The highest BCUT2D eigenvalue weighted by molar-refractivity contribution is 5.78. The molecule has 0 aromatic heterocycles. The highest BCUT2D eigenvalue weighted by Crippen LogP contribution is 2.76. The van der Waals surface area contributed by atoms with E-state index in [0.29, 0.717) is 29.6 Å². The fraction of sp³-hybridized carbons (Fsp3) is 0.700. The van der Waals surface area contributed by atoms with Crippen LogP contribution in [0.5, 0.6) is 0 Å². The van der Waals surface area contributed by atoms with E-state index in [1.54, 1.807) is 0 Å². The third-order valence-electron chi connectivity index (χ3n) is 11.6. The molecule has 5 saturated carbocycles. The van der Waals surface area contributed by atoms with Gasteiger partial charge in [0.25, 0.3) is 0 Å². The molecule has 8 rings (SSSR count). The Hall–Kier alpha value is -2.37. The van der Waals surface area contributed by atoms with E-state index < -0.39 is 0 Å². The van der Waals surface area contributed by atoms with E-state index in [2.05, 4.69) is 36.5 Å². The van der Waals surface area contributed by atoms with Gasteiger partial charge in [-0.1, -0.05) is 36.5 Å². The first-order valence-corrected chi connectivity index (χ1v) is 14.0. The molecule has 0 amide bonds. The predicted molar refractivity (Wildman–Crippen MR) is 128 cm³/mol. The van der Waals surface area contributed by atoms with Crippen LogP contribution in [-0.2, 0) is 28.6 Å². The van der Waals surface area contributed by atoms with E-state index in [-0.39, 0.29) is 78.1 Å². The number of ether oxygens (including phenoxy) is 3. The molecule has 0 saturated heterocycles. The Morgan fingerprint density at radius 3 is 1.61 bits per heavy atom. The zero-order chi connectivity index (χ0) is 24.2. The summed E-state index contributed by atoms with van der Waals surface area (Å²) in [6, 6.07) is 0. The fourth-order valence-electron chi connectivity index (χ4n) is 9.16. The maximum atomic E-state index is 12.9. The van der Waals surface area contributed by atoms with Crippen LogP contribution in [0.4, 0.5) is 0 Å². The lowest BCUT2D eigenvalue weighted by Crippen LogP contribution is -2.44. The van der Waals surface area contributed by atoms with Gasteiger partial charge in [-0.15, -0.1) is 0 Å². The Bertz CT molecular complexity index is 1060. The molecular formula is C30H34O6. The molecule has 2 spiro atoms. The van der Waals surface area contributed by atoms with Gasteiger partial charge >= 0.3 is 17.9 Å². The Morgan fingerprint density at radius 1 is 0.639 bits per heavy atom. The first kappa shape index (κ1) is 21.7. The predicted octanol–water partition coefficient (Wildman–Crippen LogP) is 3.87. The van der Waals surface area contributed by atoms with E-state index in [1.807, 2.05) is 0 Å². The van der Waals surface area contributed by atoms with Crippen LogP contribution in [0, 0.1) is 70.0 Å². The molecule has 2 bridgehead atoms. The minimum absolute atomic E-state index is 0.0262. The van der Waals surface area contributed by atoms with Crippen LogP contribution in [0.3, 0.4) is 0 Å². The first-order chi connectivity index (χ1) is 17.5. The summed E-state index contributed by atoms with van der Waals surface area (Å²) >= 11 is 0. The molecule has 0 aromatic rings. The minimum Gasteiger partial charge on any atom is -0.465 e. The van der Waals surface area contributed by atoms with Crippen LogP contribution in [0.15, 0.2) is 36.5 Å². The molecule has 6 nitrogen and oxygen atoms in total. The van der Waals surface area contributed by atoms with Crippen molar-refractivity contribution in [1.29, 1.82) is 0 Å². The number of allylic oxidation sites excluding steroid dienone is 6. The highest BCUT2D eigenvalue weighted by atomic mass is 16.6. The van der Waals surface area contributed by atoms with Crippen LogP contribution in [0.25, 0.3) is 0 Å². The average Bonchev–Trinajstić information content (AvgIpc) is 3.61. The lowest BCUT2D eigenvalue weighted by atomic mass is 9.62. The number of esters is 3. The van der Waals surface area contributed by atoms with Crippen molar-refractivity contribution in [3.8, 4) is 0 Å². The largest absolute Gasteiger partial charge is 0.465 e. The van der Waals surface area contributed by atoms with Crippen LogP contribution in [-0.4, -0.2) is 37.7 Å². The molecular weight excluding hydrogens is 456 g/mol. The summed E-state index contributed by atoms with van der Waals surface area (Å²) < 4.78 is 17.3. The second-order valence-corrected chi connectivity index (χ2v) is 13.0. The smallest absolute Gasteiger partial charge is 0.309 e. The zero-order valence-corrected chi connectivity index (χ0v) is 20.6. The molecule has 11 unspecified atom stereocenters. The molecule has 11 atom stereocenters. The maximum Gasteiger partial charge on any atom is 0.309 e. The van der Waals surface area contributed by atoms with E-state index in [4.69, 9.17) is 14.2 Å². The summed E-state index contributed by atoms with van der Waals surface area (Å²) in [5.41, 5.74) is 0.272. The van der Waals surface area contributed by atoms with Gasteiger partial charge in [0, 0.05) is 0 Å². The Labute approximate surface area is 211 Å². The molecule has 5 fully saturated rings. The minimum atomic E-state index is -0.342. The number of carbonyl (C=O) groups is 3. The van der Waals surface area contributed by atoms with Crippen LogP contribution in [0.2, 0.25) is 0 Å². The monoisotopic (exact) mass is 490 g/mol. The topological polar surface area (TPSA) is 78.9 Å². The second kappa shape index (κ2) is 7.35. The van der Waals surface area contributed by atoms with Gasteiger partial charge in [0.15, 0.2) is 0 Å². The van der Waals surface area contributed by atoms with Crippen LogP contribution >= 0.6 is 0 Å². The third-order valence-corrected chi connectivity index (χ3v) is 11.6. The van der Waals surface area contributed by atoms with Crippen molar-refractivity contribution < 1.29 is 28.6 Å². The van der Waals surface area contributed by atoms with E-state index in [9.17, 15) is 14.4 Å². The Kier molecular flexibility index (Phi) is 4.43. The Morgan fingerprint density at radius 2 is 1.17 bits per heavy atom. The van der Waals surface area contributed by atoms with Gasteiger partial charge < -0.3 is 14.2 Å². The van der Waals surface area contributed by atoms with Gasteiger partial charge in [0.1, 0.15) is 19.8 Å². The molecule has 0 heterocycles. The summed E-state index contributed by atoms with van der Waals surface area (Å²) in [6.07, 6.45) is 19.2. The maximum absolute atomic E-state index is 12.9. The summed E-state index contributed by atoms with van der Waals surface area (Å²) in [5, 5.41) is 0. The zero-order valence-electron chi connectivity index (χ0n) is 20.6. The van der Waals surface area contributed by atoms with Crippen molar-refractivity contribution in [2.45, 2.75) is 38.5 Å². The highest BCUT2D eigenvalue weighted by Gasteiger charge is 2.73. The number of rotatable bonds is 9. The van der Waals surface area contributed by atoms with Crippen molar-refractivity contribution in [3.63, 3.8) is 0 Å². The number of fused-ring (bicyclic) bond motifs is 2. The van der Waals surface area contributed by atoms with E-state index >= 15 is 0 Å².